The fourth-order valence-electron chi connectivity index (χ4n) is 3.91. The average Bonchev–Trinajstić information content (AvgIpc) is 3.20. The molecule has 1 atom stereocenters. The van der Waals surface area contributed by atoms with E-state index in [1.807, 2.05) is 29.2 Å². The zero-order chi connectivity index (χ0) is 19.5. The maximum absolute atomic E-state index is 12.7. The van der Waals surface area contributed by atoms with Crippen molar-refractivity contribution in [3.05, 3.63) is 59.2 Å². The minimum atomic E-state index is -0.922. The number of benzene rings is 2. The van der Waals surface area contributed by atoms with Crippen LogP contribution in [0.25, 0.3) is 0 Å². The minimum absolute atomic E-state index is 0.136. The van der Waals surface area contributed by atoms with Gasteiger partial charge >= 0.3 is 5.97 Å². The van der Waals surface area contributed by atoms with Gasteiger partial charge in [-0.3, -0.25) is 4.79 Å². The standard InChI is InChI=1S/C22H23NO5/c24-21(9-7-15-6-8-19-20(11-15)28-14-27-19)23-10-2-5-18(13-23)16-3-1-4-17(12-16)22(25)26/h1,3-4,6,8,11-12,18H,2,5,7,9-10,13-14H2,(H,25,26). The number of aryl methyl sites for hydroxylation is 1. The summed E-state index contributed by atoms with van der Waals surface area (Å²) < 4.78 is 10.7. The molecule has 0 aromatic heterocycles. The zero-order valence-corrected chi connectivity index (χ0v) is 15.6. The molecule has 2 heterocycles. The first kappa shape index (κ1) is 18.3. The molecule has 0 radical (unpaired) electrons. The molecule has 2 aliphatic rings. The van der Waals surface area contributed by atoms with Gasteiger partial charge in [0.2, 0.25) is 12.7 Å². The summed E-state index contributed by atoms with van der Waals surface area (Å²) in [5.74, 6) is 0.882. The molecule has 1 unspecified atom stereocenters. The topological polar surface area (TPSA) is 76.1 Å². The number of hydrogen-bond donors (Lipinski definition) is 1. The van der Waals surface area contributed by atoms with Crippen molar-refractivity contribution < 1.29 is 24.2 Å². The quantitative estimate of drug-likeness (QED) is 0.858. The number of ether oxygens (including phenoxy) is 2. The van der Waals surface area contributed by atoms with Crippen molar-refractivity contribution in [3.8, 4) is 11.5 Å². The second-order valence-electron chi connectivity index (χ2n) is 7.30. The maximum atomic E-state index is 12.7. The summed E-state index contributed by atoms with van der Waals surface area (Å²) in [6, 6.07) is 12.9. The Bertz CT molecular complexity index is 894. The summed E-state index contributed by atoms with van der Waals surface area (Å²) >= 11 is 0. The van der Waals surface area contributed by atoms with E-state index in [2.05, 4.69) is 0 Å². The van der Waals surface area contributed by atoms with E-state index < -0.39 is 5.97 Å². The van der Waals surface area contributed by atoms with Crippen LogP contribution in [0.1, 0.15) is 46.7 Å². The Morgan fingerprint density at radius 1 is 1.11 bits per heavy atom. The van der Waals surface area contributed by atoms with E-state index in [1.165, 1.54) is 0 Å². The molecule has 0 saturated carbocycles. The highest BCUT2D eigenvalue weighted by atomic mass is 16.7. The van der Waals surface area contributed by atoms with Crippen LogP contribution in [0, 0.1) is 0 Å². The van der Waals surface area contributed by atoms with Crippen LogP contribution < -0.4 is 9.47 Å². The molecule has 1 fully saturated rings. The third-order valence-electron chi connectivity index (χ3n) is 5.44. The fourth-order valence-corrected chi connectivity index (χ4v) is 3.91. The summed E-state index contributed by atoms with van der Waals surface area (Å²) in [5, 5.41) is 9.20. The predicted molar refractivity (Wildman–Crippen MR) is 103 cm³/mol. The van der Waals surface area contributed by atoms with Crippen LogP contribution in [0.3, 0.4) is 0 Å². The highest BCUT2D eigenvalue weighted by Crippen LogP contribution is 2.33. The molecule has 6 nitrogen and oxygen atoms in total. The number of aromatic carboxylic acids is 1. The van der Waals surface area contributed by atoms with Gasteiger partial charge in [-0.2, -0.15) is 0 Å². The van der Waals surface area contributed by atoms with Crippen LogP contribution in [0.4, 0.5) is 0 Å². The van der Waals surface area contributed by atoms with E-state index in [1.54, 1.807) is 18.2 Å². The smallest absolute Gasteiger partial charge is 0.335 e. The van der Waals surface area contributed by atoms with Crippen molar-refractivity contribution >= 4 is 11.9 Å². The van der Waals surface area contributed by atoms with E-state index in [0.717, 1.165) is 42.0 Å². The van der Waals surface area contributed by atoms with E-state index in [-0.39, 0.29) is 18.6 Å². The number of hydrogen-bond acceptors (Lipinski definition) is 4. The van der Waals surface area contributed by atoms with Gasteiger partial charge in [0.15, 0.2) is 11.5 Å². The van der Waals surface area contributed by atoms with Crippen LogP contribution in [0.15, 0.2) is 42.5 Å². The van der Waals surface area contributed by atoms with Crippen molar-refractivity contribution in [2.24, 2.45) is 0 Å². The van der Waals surface area contributed by atoms with Gasteiger partial charge in [0.25, 0.3) is 0 Å². The number of piperidine rings is 1. The van der Waals surface area contributed by atoms with E-state index in [4.69, 9.17) is 9.47 Å². The van der Waals surface area contributed by atoms with Gasteiger partial charge in [-0.05, 0) is 54.7 Å². The van der Waals surface area contributed by atoms with E-state index >= 15 is 0 Å². The number of likely N-dealkylation sites (tertiary alicyclic amines) is 1. The summed E-state index contributed by atoms with van der Waals surface area (Å²) in [6.45, 7) is 1.65. The molecule has 146 valence electrons. The highest BCUT2D eigenvalue weighted by molar-refractivity contribution is 5.87. The fraction of sp³-hybridized carbons (Fsp3) is 0.364. The lowest BCUT2D eigenvalue weighted by Crippen LogP contribution is -2.39. The first-order valence-corrected chi connectivity index (χ1v) is 9.60. The molecule has 2 aliphatic heterocycles. The number of carboxylic acid groups (broad SMARTS) is 1. The van der Waals surface area contributed by atoms with Gasteiger partial charge in [-0.15, -0.1) is 0 Å². The SMILES string of the molecule is O=C(O)c1cccc(C2CCCN(C(=O)CCc3ccc4c(c3)OCO4)C2)c1. The molecule has 6 heteroatoms. The number of amides is 1. The number of nitrogens with zero attached hydrogens (tertiary/aromatic N) is 1. The molecular weight excluding hydrogens is 358 g/mol. The molecule has 0 bridgehead atoms. The summed E-state index contributed by atoms with van der Waals surface area (Å²) in [4.78, 5) is 25.9. The molecule has 2 aromatic carbocycles. The predicted octanol–water partition coefficient (Wildman–Crippen LogP) is 3.45. The van der Waals surface area contributed by atoms with E-state index in [9.17, 15) is 14.7 Å². The summed E-state index contributed by atoms with van der Waals surface area (Å²) in [5.41, 5.74) is 2.34. The first-order valence-electron chi connectivity index (χ1n) is 9.60. The maximum Gasteiger partial charge on any atom is 0.335 e. The second-order valence-corrected chi connectivity index (χ2v) is 7.30. The van der Waals surface area contributed by atoms with Crippen LogP contribution in [-0.4, -0.2) is 41.8 Å². The van der Waals surface area contributed by atoms with Crippen LogP contribution >= 0.6 is 0 Å². The Hall–Kier alpha value is -3.02. The minimum Gasteiger partial charge on any atom is -0.478 e. The Morgan fingerprint density at radius 3 is 2.82 bits per heavy atom. The number of fused-ring (bicyclic) bond motifs is 1. The van der Waals surface area contributed by atoms with Gasteiger partial charge in [0.05, 0.1) is 5.56 Å². The number of carbonyl (C=O) groups excluding carboxylic acids is 1. The third kappa shape index (κ3) is 3.96. The van der Waals surface area contributed by atoms with Crippen molar-refractivity contribution in [1.82, 2.24) is 4.90 Å². The lowest BCUT2D eigenvalue weighted by atomic mass is 9.89. The third-order valence-corrected chi connectivity index (χ3v) is 5.44. The van der Waals surface area contributed by atoms with Gasteiger partial charge in [0.1, 0.15) is 0 Å². The number of carbonyl (C=O) groups is 2. The van der Waals surface area contributed by atoms with Gasteiger partial charge in [-0.1, -0.05) is 18.2 Å². The summed E-state index contributed by atoms with van der Waals surface area (Å²) in [7, 11) is 0. The van der Waals surface area contributed by atoms with Crippen molar-refractivity contribution in [3.63, 3.8) is 0 Å². The van der Waals surface area contributed by atoms with Crippen molar-refractivity contribution in [2.75, 3.05) is 19.9 Å². The molecule has 0 spiro atoms. The average molecular weight is 381 g/mol. The van der Waals surface area contributed by atoms with Crippen molar-refractivity contribution in [2.45, 2.75) is 31.6 Å². The van der Waals surface area contributed by atoms with Gasteiger partial charge < -0.3 is 19.5 Å². The number of rotatable bonds is 5. The van der Waals surface area contributed by atoms with Crippen LogP contribution in [0.2, 0.25) is 0 Å². The second kappa shape index (κ2) is 7.92. The normalized spacial score (nSPS) is 18.1. The lowest BCUT2D eigenvalue weighted by Gasteiger charge is -2.33. The van der Waals surface area contributed by atoms with E-state index in [0.29, 0.717) is 24.9 Å². The molecule has 1 N–H and O–H groups in total. The zero-order valence-electron chi connectivity index (χ0n) is 15.6. The molecule has 0 aliphatic carbocycles. The summed E-state index contributed by atoms with van der Waals surface area (Å²) in [6.07, 6.45) is 3.00. The molecular formula is C22H23NO5. The first-order chi connectivity index (χ1) is 13.6. The lowest BCUT2D eigenvalue weighted by molar-refractivity contribution is -0.132. The highest BCUT2D eigenvalue weighted by Gasteiger charge is 2.25. The Balaban J connectivity index is 1.37. The van der Waals surface area contributed by atoms with Crippen LogP contribution in [-0.2, 0) is 11.2 Å². The largest absolute Gasteiger partial charge is 0.478 e. The Morgan fingerprint density at radius 2 is 1.96 bits per heavy atom. The Kier molecular flexibility index (Phi) is 5.19. The number of carboxylic acids is 1. The molecule has 2 aromatic rings. The van der Waals surface area contributed by atoms with Gasteiger partial charge in [0, 0.05) is 25.4 Å². The monoisotopic (exact) mass is 381 g/mol. The van der Waals surface area contributed by atoms with Crippen LogP contribution in [0.5, 0.6) is 11.5 Å². The molecule has 4 rings (SSSR count). The molecule has 28 heavy (non-hydrogen) atoms. The van der Waals surface area contributed by atoms with Gasteiger partial charge in [-0.25, -0.2) is 4.79 Å². The molecule has 1 amide bonds. The van der Waals surface area contributed by atoms with Crippen molar-refractivity contribution in [1.29, 1.82) is 0 Å². The Labute approximate surface area is 163 Å². The molecule has 1 saturated heterocycles.